The Bertz CT molecular complexity index is 1510. The van der Waals surface area contributed by atoms with Gasteiger partial charge in [-0.1, -0.05) is 0 Å². The average molecular weight is 616 g/mol. The van der Waals surface area contributed by atoms with Crippen molar-refractivity contribution in [2.75, 3.05) is 19.0 Å². The van der Waals surface area contributed by atoms with E-state index in [1.165, 1.54) is 39.1 Å². The van der Waals surface area contributed by atoms with E-state index < -0.39 is 21.3 Å². The minimum absolute atomic E-state index is 0. The molecule has 190 valence electrons. The van der Waals surface area contributed by atoms with Crippen molar-refractivity contribution in [1.29, 1.82) is 0 Å². The molecule has 0 aromatic heterocycles. The molecule has 4 heteroatoms. The fraction of sp³-hybridized carbons (Fsp3) is 0.147. The van der Waals surface area contributed by atoms with Crippen LogP contribution in [0.4, 0.5) is 5.69 Å². The first kappa shape index (κ1) is 28.5. The van der Waals surface area contributed by atoms with Gasteiger partial charge in [0.05, 0.1) is 0 Å². The molecule has 38 heavy (non-hydrogen) atoms. The van der Waals surface area contributed by atoms with Gasteiger partial charge in [0.1, 0.15) is 0 Å². The molecule has 6 rings (SSSR count). The summed E-state index contributed by atoms with van der Waals surface area (Å²) in [6.07, 6.45) is 7.05. The van der Waals surface area contributed by atoms with Crippen molar-refractivity contribution >= 4 is 12.2 Å². The first-order valence-corrected chi connectivity index (χ1v) is 16.4. The molecular formula is C34H31Cl2NZr. The zero-order valence-electron chi connectivity index (χ0n) is 22.0. The Kier molecular flexibility index (Phi) is 9.09. The smallest absolute Gasteiger partial charge is 1.00 e. The molecule has 0 radical (unpaired) electrons. The summed E-state index contributed by atoms with van der Waals surface area (Å²) in [4.78, 5) is 2.35. The van der Waals surface area contributed by atoms with Crippen molar-refractivity contribution in [2.45, 2.75) is 19.8 Å². The van der Waals surface area contributed by atoms with Crippen molar-refractivity contribution in [3.05, 3.63) is 140 Å². The maximum Gasteiger partial charge on any atom is -1.00 e. The van der Waals surface area contributed by atoms with Gasteiger partial charge in [-0.15, -0.1) is 0 Å². The van der Waals surface area contributed by atoms with Gasteiger partial charge < -0.3 is 24.8 Å². The number of nitrogens with zero attached hydrogens (tertiary/aromatic N) is 1. The number of hydrogen-bond acceptors (Lipinski definition) is 1. The quantitative estimate of drug-likeness (QED) is 0.286. The fourth-order valence-electron chi connectivity index (χ4n) is 5.80. The predicted octanol–water partition coefficient (Wildman–Crippen LogP) is 1.08. The summed E-state index contributed by atoms with van der Waals surface area (Å²) in [5.41, 5.74) is 11.4. The Balaban J connectivity index is 0.00000168. The number of halogens is 2. The second-order valence-electron chi connectivity index (χ2n) is 10.0. The molecule has 2 aliphatic carbocycles. The zero-order valence-corrected chi connectivity index (χ0v) is 26.0. The van der Waals surface area contributed by atoms with Crippen LogP contribution in [0, 0.1) is 0 Å². The molecule has 0 heterocycles. The number of rotatable bonds is 5. The van der Waals surface area contributed by atoms with Gasteiger partial charge in [-0.3, -0.25) is 0 Å². The van der Waals surface area contributed by atoms with Gasteiger partial charge in [-0.05, 0) is 0 Å². The van der Waals surface area contributed by atoms with Gasteiger partial charge in [-0.25, -0.2) is 0 Å². The van der Waals surface area contributed by atoms with Crippen LogP contribution in [0.15, 0.2) is 118 Å². The molecule has 4 aromatic rings. The maximum atomic E-state index is 2.52. The van der Waals surface area contributed by atoms with Crippen molar-refractivity contribution in [2.24, 2.45) is 0 Å². The third-order valence-corrected chi connectivity index (χ3v) is 15.1. The minimum Gasteiger partial charge on any atom is -1.00 e. The van der Waals surface area contributed by atoms with Crippen molar-refractivity contribution < 1.29 is 46.1 Å². The monoisotopic (exact) mass is 613 g/mol. The molecule has 0 bridgehead atoms. The van der Waals surface area contributed by atoms with E-state index in [2.05, 4.69) is 135 Å². The maximum absolute atomic E-state index is 2.67. The number of fused-ring (bicyclic) bond motifs is 3. The third kappa shape index (κ3) is 5.20. The average Bonchev–Trinajstić information content (AvgIpc) is 3.51. The Morgan fingerprint density at radius 3 is 1.89 bits per heavy atom. The van der Waals surface area contributed by atoms with E-state index in [1.54, 1.807) is 15.3 Å². The molecule has 0 N–H and O–H groups in total. The van der Waals surface area contributed by atoms with Crippen molar-refractivity contribution in [3.8, 4) is 11.1 Å². The molecule has 2 aliphatic rings. The molecule has 0 spiro atoms. The van der Waals surface area contributed by atoms with E-state index in [0.717, 1.165) is 12.8 Å². The number of hydrogen-bond donors (Lipinski definition) is 0. The summed E-state index contributed by atoms with van der Waals surface area (Å²) in [7, 11) is 4.43. The van der Waals surface area contributed by atoms with Gasteiger partial charge >= 0.3 is 224 Å². The van der Waals surface area contributed by atoms with E-state index in [-0.39, 0.29) is 24.8 Å². The van der Waals surface area contributed by atoms with E-state index in [1.807, 2.05) is 0 Å². The summed E-state index contributed by atoms with van der Waals surface area (Å²) in [6.45, 7) is 2.26. The minimum atomic E-state index is -2.67. The van der Waals surface area contributed by atoms with Crippen LogP contribution >= 0.6 is 0 Å². The molecule has 0 atom stereocenters. The second-order valence-corrected chi connectivity index (χ2v) is 15.9. The normalized spacial score (nSPS) is 12.6. The molecule has 0 saturated carbocycles. The molecule has 0 saturated heterocycles. The second kappa shape index (κ2) is 12.1. The fourth-order valence-corrected chi connectivity index (χ4v) is 14.6. The Labute approximate surface area is 246 Å². The Morgan fingerprint density at radius 2 is 1.32 bits per heavy atom. The van der Waals surface area contributed by atoms with Gasteiger partial charge in [0, 0.05) is 0 Å². The van der Waals surface area contributed by atoms with E-state index in [4.69, 9.17) is 0 Å². The molecule has 4 aromatic carbocycles. The standard InChI is InChI=1S/C15H14N.C13H10.C6H7.2ClH.Zr/c1-16(2)13-7-8-15-12(10-13)9-11-5-3-4-6-14(11)15;1-3-7-12(8-4-1)11-13-9-5-2-6-10-13;1-6-4-2-3-5-6;;;/h3-8H,9H2,1-2H3;1-10H;4-5H,2H2,1H3;2*1H;/q;;;;;+2/p-2. The Morgan fingerprint density at radius 1 is 0.711 bits per heavy atom. The van der Waals surface area contributed by atoms with Crippen LogP contribution in [0.2, 0.25) is 0 Å². The van der Waals surface area contributed by atoms with Crippen molar-refractivity contribution in [1.82, 2.24) is 0 Å². The van der Waals surface area contributed by atoms with E-state index in [9.17, 15) is 0 Å². The van der Waals surface area contributed by atoms with Crippen LogP contribution < -0.4 is 33.0 Å². The van der Waals surface area contributed by atoms with Crippen LogP contribution in [0.25, 0.3) is 11.1 Å². The molecule has 0 aliphatic heterocycles. The van der Waals surface area contributed by atoms with Gasteiger partial charge in [-0.2, -0.15) is 0 Å². The molecule has 0 unspecified atom stereocenters. The molecular weight excluding hydrogens is 585 g/mol. The largest absolute Gasteiger partial charge is 1.00 e. The zero-order chi connectivity index (χ0) is 24.6. The summed E-state index contributed by atoms with van der Waals surface area (Å²) in [5.74, 6) is 0. The summed E-state index contributed by atoms with van der Waals surface area (Å²) in [6, 6.07) is 36.1. The van der Waals surface area contributed by atoms with Crippen molar-refractivity contribution in [3.63, 3.8) is 0 Å². The third-order valence-electron chi connectivity index (χ3n) is 7.44. The van der Waals surface area contributed by atoms with Gasteiger partial charge in [0.2, 0.25) is 0 Å². The van der Waals surface area contributed by atoms with Crippen LogP contribution in [0.1, 0.15) is 35.6 Å². The number of allylic oxidation sites excluding steroid dienone is 4. The number of benzene rings is 4. The van der Waals surface area contributed by atoms with Crippen LogP contribution in [-0.2, 0) is 27.7 Å². The SMILES string of the molecule is CC1=CC[C]([Zr+2](=[C](c2ccccc2)c2ccccc2)[c]2c(N(C)C)ccc3c2Cc2ccccc2-3)=C1.[Cl-].[Cl-]. The predicted molar refractivity (Wildman–Crippen MR) is 151 cm³/mol. The van der Waals surface area contributed by atoms with E-state index in [0.29, 0.717) is 0 Å². The van der Waals surface area contributed by atoms with Crippen LogP contribution in [-0.4, -0.2) is 17.3 Å². The summed E-state index contributed by atoms with van der Waals surface area (Å²) in [5, 5.41) is 0. The molecule has 1 nitrogen and oxygen atoms in total. The summed E-state index contributed by atoms with van der Waals surface area (Å²) < 4.78 is 4.90. The molecule has 0 amide bonds. The van der Waals surface area contributed by atoms with Gasteiger partial charge in [0.25, 0.3) is 0 Å². The summed E-state index contributed by atoms with van der Waals surface area (Å²) >= 11 is -2.67. The number of anilines is 1. The van der Waals surface area contributed by atoms with Gasteiger partial charge in [0.15, 0.2) is 0 Å². The van der Waals surface area contributed by atoms with Crippen LogP contribution in [0.3, 0.4) is 0 Å². The van der Waals surface area contributed by atoms with E-state index >= 15 is 0 Å². The molecule has 0 fully saturated rings. The first-order valence-electron chi connectivity index (χ1n) is 12.8. The van der Waals surface area contributed by atoms with Crippen LogP contribution in [0.5, 0.6) is 0 Å². The topological polar surface area (TPSA) is 3.24 Å². The first-order chi connectivity index (χ1) is 17.6. The Hall–Kier alpha value is -2.51.